The van der Waals surface area contributed by atoms with E-state index in [1.54, 1.807) is 16.0 Å². The molecule has 2 rings (SSSR count). The Morgan fingerprint density at radius 2 is 2.31 bits per heavy atom. The highest BCUT2D eigenvalue weighted by molar-refractivity contribution is 9.11. The molecule has 0 radical (unpaired) electrons. The highest BCUT2D eigenvalue weighted by atomic mass is 79.9. The van der Waals surface area contributed by atoms with Crippen LogP contribution < -0.4 is 0 Å². The molecule has 2 aromatic rings. The molecule has 0 amide bonds. The number of halogens is 2. The minimum atomic E-state index is 0.607. The van der Waals surface area contributed by atoms with Crippen molar-refractivity contribution in [1.82, 2.24) is 14.8 Å². The van der Waals surface area contributed by atoms with Gasteiger partial charge >= 0.3 is 0 Å². The molecule has 0 unspecified atom stereocenters. The quantitative estimate of drug-likeness (QED) is 0.851. The Morgan fingerprint density at radius 1 is 1.46 bits per heavy atom. The summed E-state index contributed by atoms with van der Waals surface area (Å²) >= 11 is 8.26. The summed E-state index contributed by atoms with van der Waals surface area (Å²) < 4.78 is 3.15. The number of hydrogen-bond acceptors (Lipinski definition) is 3. The molecule has 0 spiro atoms. The molecule has 0 fully saturated rings. The van der Waals surface area contributed by atoms with Crippen molar-refractivity contribution in [2.75, 3.05) is 0 Å². The van der Waals surface area contributed by atoms with Crippen molar-refractivity contribution in [3.63, 3.8) is 0 Å². The molecule has 68 valence electrons. The van der Waals surface area contributed by atoms with E-state index in [4.69, 9.17) is 0 Å². The van der Waals surface area contributed by atoms with Gasteiger partial charge in [0, 0.05) is 4.88 Å². The first-order valence-electron chi connectivity index (χ1n) is 3.54. The summed E-state index contributed by atoms with van der Waals surface area (Å²) in [5.74, 6) is 0. The van der Waals surface area contributed by atoms with Gasteiger partial charge in [-0.3, -0.25) is 0 Å². The van der Waals surface area contributed by atoms with Crippen molar-refractivity contribution in [1.29, 1.82) is 0 Å². The first kappa shape index (κ1) is 9.36. The van der Waals surface area contributed by atoms with Gasteiger partial charge in [0.2, 0.25) is 4.73 Å². The standard InChI is InChI=1S/C7H5Br2N3S/c8-6-10-7(9)12(11-6)4-5-2-1-3-13-5/h1-3H,4H2. The van der Waals surface area contributed by atoms with E-state index in [1.165, 1.54) is 4.88 Å². The second kappa shape index (κ2) is 3.89. The summed E-state index contributed by atoms with van der Waals surface area (Å²) in [5, 5.41) is 6.22. The molecule has 0 N–H and O–H groups in total. The van der Waals surface area contributed by atoms with Crippen molar-refractivity contribution in [3.8, 4) is 0 Å². The molecule has 13 heavy (non-hydrogen) atoms. The van der Waals surface area contributed by atoms with Crippen LogP contribution >= 0.6 is 43.2 Å². The fraction of sp³-hybridized carbons (Fsp3) is 0.143. The minimum Gasteiger partial charge on any atom is -0.234 e. The number of hydrogen-bond donors (Lipinski definition) is 0. The molecule has 0 bridgehead atoms. The van der Waals surface area contributed by atoms with Crippen molar-refractivity contribution in [2.45, 2.75) is 6.54 Å². The van der Waals surface area contributed by atoms with E-state index in [9.17, 15) is 0 Å². The SMILES string of the molecule is Brc1nc(Br)n(Cc2cccs2)n1. The molecule has 2 aromatic heterocycles. The van der Waals surface area contributed by atoms with Crippen LogP contribution in [-0.4, -0.2) is 14.8 Å². The van der Waals surface area contributed by atoms with Crippen LogP contribution in [0.5, 0.6) is 0 Å². The molecule has 3 nitrogen and oxygen atoms in total. The summed E-state index contributed by atoms with van der Waals surface area (Å²) in [4.78, 5) is 5.34. The Bertz CT molecular complexity index is 396. The normalized spacial score (nSPS) is 10.6. The summed E-state index contributed by atoms with van der Waals surface area (Å²) in [5.41, 5.74) is 0. The van der Waals surface area contributed by atoms with Crippen LogP contribution in [-0.2, 0) is 6.54 Å². The second-order valence-electron chi connectivity index (χ2n) is 2.39. The molecule has 0 saturated heterocycles. The third-order valence-electron chi connectivity index (χ3n) is 1.49. The lowest BCUT2D eigenvalue weighted by Gasteiger charge is -1.97. The third kappa shape index (κ3) is 2.18. The Labute approximate surface area is 96.1 Å². The van der Waals surface area contributed by atoms with Crippen molar-refractivity contribution in [2.24, 2.45) is 0 Å². The average Bonchev–Trinajstić information content (AvgIpc) is 2.63. The van der Waals surface area contributed by atoms with Gasteiger partial charge in [0.05, 0.1) is 6.54 Å². The van der Waals surface area contributed by atoms with Crippen LogP contribution in [0.2, 0.25) is 0 Å². The fourth-order valence-electron chi connectivity index (χ4n) is 0.948. The molecule has 0 aromatic carbocycles. The molecule has 0 atom stereocenters. The summed E-state index contributed by atoms with van der Waals surface area (Å²) in [6.45, 7) is 0.761. The maximum atomic E-state index is 4.17. The van der Waals surface area contributed by atoms with E-state index in [0.717, 1.165) is 11.3 Å². The molecule has 0 aliphatic heterocycles. The number of aromatic nitrogens is 3. The van der Waals surface area contributed by atoms with E-state index in [1.807, 2.05) is 6.07 Å². The van der Waals surface area contributed by atoms with Gasteiger partial charge in [-0.25, -0.2) is 4.68 Å². The predicted octanol–water partition coefficient (Wildman–Crippen LogP) is 2.91. The first-order valence-corrected chi connectivity index (χ1v) is 6.00. The fourth-order valence-corrected chi connectivity index (χ4v) is 2.60. The third-order valence-corrected chi connectivity index (χ3v) is 3.27. The zero-order valence-electron chi connectivity index (χ0n) is 6.44. The zero-order chi connectivity index (χ0) is 9.26. The Morgan fingerprint density at radius 3 is 2.85 bits per heavy atom. The van der Waals surface area contributed by atoms with E-state index >= 15 is 0 Å². The molecule has 2 heterocycles. The predicted molar refractivity (Wildman–Crippen MR) is 58.8 cm³/mol. The van der Waals surface area contributed by atoms with Gasteiger partial charge in [0.25, 0.3) is 0 Å². The van der Waals surface area contributed by atoms with E-state index in [-0.39, 0.29) is 0 Å². The average molecular weight is 323 g/mol. The highest BCUT2D eigenvalue weighted by Gasteiger charge is 2.05. The zero-order valence-corrected chi connectivity index (χ0v) is 10.4. The number of thiophene rings is 1. The van der Waals surface area contributed by atoms with Crippen LogP contribution in [0.25, 0.3) is 0 Å². The van der Waals surface area contributed by atoms with Gasteiger partial charge < -0.3 is 0 Å². The van der Waals surface area contributed by atoms with Gasteiger partial charge in [0.1, 0.15) is 0 Å². The van der Waals surface area contributed by atoms with Gasteiger partial charge in [-0.1, -0.05) is 6.07 Å². The minimum absolute atomic E-state index is 0.607. The second-order valence-corrected chi connectivity index (χ2v) is 4.84. The van der Waals surface area contributed by atoms with Crippen molar-refractivity contribution in [3.05, 3.63) is 31.9 Å². The Hall–Kier alpha value is -0.200. The summed E-state index contributed by atoms with van der Waals surface area (Å²) in [6, 6.07) is 4.10. The largest absolute Gasteiger partial charge is 0.234 e. The lowest BCUT2D eigenvalue weighted by atomic mass is 10.5. The molecule has 6 heteroatoms. The smallest absolute Gasteiger partial charge is 0.218 e. The Kier molecular flexibility index (Phi) is 2.80. The lowest BCUT2D eigenvalue weighted by Crippen LogP contribution is -2.00. The van der Waals surface area contributed by atoms with Crippen LogP contribution in [0.1, 0.15) is 4.88 Å². The van der Waals surface area contributed by atoms with E-state index < -0.39 is 0 Å². The van der Waals surface area contributed by atoms with Gasteiger partial charge in [-0.2, -0.15) is 4.98 Å². The molecule has 0 aliphatic carbocycles. The van der Waals surface area contributed by atoms with Crippen LogP contribution in [0, 0.1) is 0 Å². The Balaban J connectivity index is 2.23. The molecular weight excluding hydrogens is 318 g/mol. The van der Waals surface area contributed by atoms with Gasteiger partial charge in [-0.15, -0.1) is 16.4 Å². The van der Waals surface area contributed by atoms with Crippen LogP contribution in [0.3, 0.4) is 0 Å². The first-order chi connectivity index (χ1) is 6.25. The van der Waals surface area contributed by atoms with Crippen molar-refractivity contribution < 1.29 is 0 Å². The summed E-state index contributed by atoms with van der Waals surface area (Å²) in [7, 11) is 0. The lowest BCUT2D eigenvalue weighted by molar-refractivity contribution is 0.672. The van der Waals surface area contributed by atoms with E-state index in [0.29, 0.717) is 4.73 Å². The molecule has 0 aliphatic rings. The maximum Gasteiger partial charge on any atom is 0.218 e. The van der Waals surface area contributed by atoms with Crippen molar-refractivity contribution >= 4 is 43.2 Å². The van der Waals surface area contributed by atoms with Crippen LogP contribution in [0.15, 0.2) is 27.0 Å². The monoisotopic (exact) mass is 321 g/mol. The highest BCUT2D eigenvalue weighted by Crippen LogP contribution is 2.15. The summed E-state index contributed by atoms with van der Waals surface area (Å²) in [6.07, 6.45) is 0. The van der Waals surface area contributed by atoms with Gasteiger partial charge in [0.15, 0.2) is 4.73 Å². The molecular formula is C7H5Br2N3S. The number of nitrogens with zero attached hydrogens (tertiary/aromatic N) is 3. The van der Waals surface area contributed by atoms with Crippen LogP contribution in [0.4, 0.5) is 0 Å². The number of rotatable bonds is 2. The topological polar surface area (TPSA) is 30.7 Å². The van der Waals surface area contributed by atoms with E-state index in [2.05, 4.69) is 53.4 Å². The molecule has 0 saturated carbocycles. The van der Waals surface area contributed by atoms with Gasteiger partial charge in [-0.05, 0) is 43.3 Å². The maximum absolute atomic E-state index is 4.17.